The molecule has 1 unspecified atom stereocenters. The molecule has 0 saturated heterocycles. The summed E-state index contributed by atoms with van der Waals surface area (Å²) in [7, 11) is 0. The molecule has 0 amide bonds. The maximum absolute atomic E-state index is 13.8. The number of rotatable bonds is 5. The predicted molar refractivity (Wildman–Crippen MR) is 80.8 cm³/mol. The fourth-order valence-electron chi connectivity index (χ4n) is 2.19. The van der Waals surface area contributed by atoms with Crippen LogP contribution in [0.5, 0.6) is 0 Å². The Labute approximate surface area is 128 Å². The summed E-state index contributed by atoms with van der Waals surface area (Å²) in [6, 6.07) is 12.1. The van der Waals surface area contributed by atoms with Crippen molar-refractivity contribution in [3.8, 4) is 0 Å². The van der Waals surface area contributed by atoms with E-state index in [2.05, 4.69) is 0 Å². The monoisotopic (exact) mass is 312 g/mol. The van der Waals surface area contributed by atoms with Gasteiger partial charge in [0.15, 0.2) is 0 Å². The molecule has 1 atom stereocenters. The molecular weight excluding hydrogens is 298 g/mol. The van der Waals surface area contributed by atoms with Gasteiger partial charge in [-0.1, -0.05) is 47.5 Å². The second kappa shape index (κ2) is 7.07. The Bertz CT molecular complexity index is 566. The van der Waals surface area contributed by atoms with E-state index in [-0.39, 0.29) is 18.3 Å². The van der Waals surface area contributed by atoms with Gasteiger partial charge in [-0.15, -0.1) is 0 Å². The molecule has 0 aromatic heterocycles. The molecule has 2 aromatic carbocycles. The molecular formula is C16H15Cl2FO. The largest absolute Gasteiger partial charge is 0.396 e. The number of halogens is 3. The van der Waals surface area contributed by atoms with Gasteiger partial charge in [0.1, 0.15) is 5.82 Å². The molecule has 0 radical (unpaired) electrons. The van der Waals surface area contributed by atoms with Gasteiger partial charge < -0.3 is 5.11 Å². The zero-order chi connectivity index (χ0) is 14.5. The third-order valence-electron chi connectivity index (χ3n) is 3.28. The molecule has 0 saturated carbocycles. The fourth-order valence-corrected chi connectivity index (χ4v) is 2.65. The van der Waals surface area contributed by atoms with Crippen molar-refractivity contribution in [3.63, 3.8) is 0 Å². The molecule has 2 rings (SSSR count). The second-order valence-electron chi connectivity index (χ2n) is 4.75. The lowest BCUT2D eigenvalue weighted by molar-refractivity contribution is 0.224. The zero-order valence-electron chi connectivity index (χ0n) is 10.8. The van der Waals surface area contributed by atoms with Gasteiger partial charge in [0.05, 0.1) is 0 Å². The average Bonchev–Trinajstić information content (AvgIpc) is 2.44. The summed E-state index contributed by atoms with van der Waals surface area (Å²) in [6.07, 6.45) is 0.966. The lowest BCUT2D eigenvalue weighted by Gasteiger charge is -2.16. The maximum Gasteiger partial charge on any atom is 0.127 e. The van der Waals surface area contributed by atoms with Crippen molar-refractivity contribution < 1.29 is 9.50 Å². The number of aliphatic hydroxyl groups excluding tert-OH is 1. The summed E-state index contributed by atoms with van der Waals surface area (Å²) >= 11 is 12.1. The molecule has 0 fully saturated rings. The van der Waals surface area contributed by atoms with Gasteiger partial charge in [-0.25, -0.2) is 4.39 Å². The molecule has 0 aliphatic heterocycles. The Kier molecular flexibility index (Phi) is 5.41. The van der Waals surface area contributed by atoms with E-state index >= 15 is 0 Å². The quantitative estimate of drug-likeness (QED) is 0.860. The van der Waals surface area contributed by atoms with E-state index in [1.165, 1.54) is 6.07 Å². The van der Waals surface area contributed by atoms with E-state index in [9.17, 15) is 9.50 Å². The van der Waals surface area contributed by atoms with Gasteiger partial charge in [0.25, 0.3) is 0 Å². The fraction of sp³-hybridized carbons (Fsp3) is 0.250. The summed E-state index contributed by atoms with van der Waals surface area (Å²) in [5, 5.41) is 10.6. The Hall–Kier alpha value is -1.09. The highest BCUT2D eigenvalue weighted by Crippen LogP contribution is 2.25. The topological polar surface area (TPSA) is 20.2 Å². The van der Waals surface area contributed by atoms with Crippen molar-refractivity contribution in [1.82, 2.24) is 0 Å². The lowest BCUT2D eigenvalue weighted by atomic mass is 9.93. The molecule has 0 heterocycles. The minimum Gasteiger partial charge on any atom is -0.396 e. The first-order valence-corrected chi connectivity index (χ1v) is 7.14. The van der Waals surface area contributed by atoms with E-state index in [1.807, 2.05) is 18.2 Å². The summed E-state index contributed by atoms with van der Waals surface area (Å²) < 4.78 is 13.8. The molecule has 0 bridgehead atoms. The highest BCUT2D eigenvalue weighted by Gasteiger charge is 2.16. The van der Waals surface area contributed by atoms with E-state index in [0.717, 1.165) is 5.56 Å². The molecule has 1 nitrogen and oxygen atoms in total. The first-order valence-electron chi connectivity index (χ1n) is 6.39. The Morgan fingerprint density at radius 1 is 0.950 bits per heavy atom. The van der Waals surface area contributed by atoms with Gasteiger partial charge in [0.2, 0.25) is 0 Å². The van der Waals surface area contributed by atoms with Crippen LogP contribution in [-0.4, -0.2) is 11.7 Å². The standard InChI is InChI=1S/C16H15Cl2FO/c17-14-5-2-1-4-12(14)8-11(10-20)9-13-15(18)6-3-7-16(13)19/h1-7,11,20H,8-10H2. The molecule has 20 heavy (non-hydrogen) atoms. The summed E-state index contributed by atoms with van der Waals surface area (Å²) in [6.45, 7) is -0.0457. The third-order valence-corrected chi connectivity index (χ3v) is 4.00. The van der Waals surface area contributed by atoms with Crippen LogP contribution in [0.4, 0.5) is 4.39 Å². The van der Waals surface area contributed by atoms with Crippen LogP contribution in [0, 0.1) is 11.7 Å². The molecule has 0 aliphatic carbocycles. The Morgan fingerprint density at radius 2 is 1.65 bits per heavy atom. The summed E-state index contributed by atoms with van der Waals surface area (Å²) in [4.78, 5) is 0. The van der Waals surface area contributed by atoms with Gasteiger partial charge in [0, 0.05) is 22.2 Å². The van der Waals surface area contributed by atoms with Crippen molar-refractivity contribution in [2.45, 2.75) is 12.8 Å². The third kappa shape index (κ3) is 3.72. The highest BCUT2D eigenvalue weighted by molar-refractivity contribution is 6.31. The SMILES string of the molecule is OCC(Cc1ccccc1Cl)Cc1c(F)cccc1Cl. The Morgan fingerprint density at radius 3 is 2.30 bits per heavy atom. The minimum absolute atomic E-state index is 0.0457. The van der Waals surface area contributed by atoms with Gasteiger partial charge >= 0.3 is 0 Å². The van der Waals surface area contributed by atoms with Crippen LogP contribution in [0.2, 0.25) is 10.0 Å². The lowest BCUT2D eigenvalue weighted by Crippen LogP contribution is -2.14. The molecule has 1 N–H and O–H groups in total. The van der Waals surface area contributed by atoms with E-state index in [1.54, 1.807) is 18.2 Å². The minimum atomic E-state index is -0.338. The first-order chi connectivity index (χ1) is 9.61. The summed E-state index contributed by atoms with van der Waals surface area (Å²) in [5.74, 6) is -0.459. The maximum atomic E-state index is 13.8. The van der Waals surface area contributed by atoms with E-state index < -0.39 is 0 Å². The van der Waals surface area contributed by atoms with Crippen LogP contribution in [0.25, 0.3) is 0 Å². The first kappa shape index (κ1) is 15.3. The molecule has 2 aromatic rings. The molecule has 4 heteroatoms. The summed E-state index contributed by atoms with van der Waals surface area (Å²) in [5.41, 5.74) is 1.39. The van der Waals surface area contributed by atoms with Crippen molar-refractivity contribution in [2.75, 3.05) is 6.61 Å². The van der Waals surface area contributed by atoms with Crippen LogP contribution in [-0.2, 0) is 12.8 Å². The average molecular weight is 313 g/mol. The number of hydrogen-bond acceptors (Lipinski definition) is 1. The van der Waals surface area contributed by atoms with Crippen molar-refractivity contribution >= 4 is 23.2 Å². The van der Waals surface area contributed by atoms with Crippen molar-refractivity contribution in [2.24, 2.45) is 5.92 Å². The van der Waals surface area contributed by atoms with Gasteiger partial charge in [-0.2, -0.15) is 0 Å². The number of hydrogen-bond donors (Lipinski definition) is 1. The number of aliphatic hydroxyl groups is 1. The van der Waals surface area contributed by atoms with E-state index in [4.69, 9.17) is 23.2 Å². The van der Waals surface area contributed by atoms with Gasteiger partial charge in [-0.05, 0) is 42.5 Å². The predicted octanol–water partition coefficient (Wildman–Crippen LogP) is 4.53. The van der Waals surface area contributed by atoms with Crippen LogP contribution in [0.3, 0.4) is 0 Å². The normalized spacial score (nSPS) is 12.4. The van der Waals surface area contributed by atoms with Crippen LogP contribution in [0.15, 0.2) is 42.5 Å². The van der Waals surface area contributed by atoms with Crippen LogP contribution < -0.4 is 0 Å². The van der Waals surface area contributed by atoms with Crippen molar-refractivity contribution in [1.29, 1.82) is 0 Å². The number of benzene rings is 2. The van der Waals surface area contributed by atoms with Gasteiger partial charge in [-0.3, -0.25) is 0 Å². The zero-order valence-corrected chi connectivity index (χ0v) is 12.3. The molecule has 106 valence electrons. The molecule has 0 aliphatic rings. The highest BCUT2D eigenvalue weighted by atomic mass is 35.5. The van der Waals surface area contributed by atoms with E-state index in [0.29, 0.717) is 28.5 Å². The Balaban J connectivity index is 2.16. The second-order valence-corrected chi connectivity index (χ2v) is 5.56. The van der Waals surface area contributed by atoms with Crippen LogP contribution >= 0.6 is 23.2 Å². The van der Waals surface area contributed by atoms with Crippen LogP contribution in [0.1, 0.15) is 11.1 Å². The van der Waals surface area contributed by atoms with Crippen molar-refractivity contribution in [3.05, 3.63) is 69.5 Å². The smallest absolute Gasteiger partial charge is 0.127 e. The molecule has 0 spiro atoms.